The van der Waals surface area contributed by atoms with E-state index in [4.69, 9.17) is 18.1 Å². The third-order valence-electron chi connectivity index (χ3n) is 15.7. The molecule has 4 N–H and O–H groups in total. The van der Waals surface area contributed by atoms with Gasteiger partial charge in [0.05, 0.1) is 32.3 Å². The molecule has 0 fully saturated rings. The van der Waals surface area contributed by atoms with Crippen molar-refractivity contribution in [3.63, 3.8) is 0 Å². The summed E-state index contributed by atoms with van der Waals surface area (Å²) in [7, 11) is -8.13. The predicted octanol–water partition coefficient (Wildman–Crippen LogP) is 13.3. The Labute approximate surface area is 417 Å². The number of aromatic amines is 4. The fourth-order valence-electron chi connectivity index (χ4n) is 11.2. The van der Waals surface area contributed by atoms with Crippen molar-refractivity contribution in [3.8, 4) is 23.0 Å². The molecule has 6 aromatic carbocycles. The van der Waals surface area contributed by atoms with Gasteiger partial charge in [0.2, 0.25) is 0 Å². The van der Waals surface area contributed by atoms with Crippen LogP contribution in [0.25, 0.3) is 0 Å². The van der Waals surface area contributed by atoms with E-state index in [2.05, 4.69) is 120 Å². The Morgan fingerprint density at radius 1 is 0.292 bits per heavy atom. The first-order valence-corrected chi connectivity index (χ1v) is 27.2. The molecule has 10 aromatic rings. The van der Waals surface area contributed by atoms with Crippen LogP contribution in [0.3, 0.4) is 0 Å². The van der Waals surface area contributed by atoms with Gasteiger partial charge in [-0.3, -0.25) is 0 Å². The number of nitrogens with one attached hydrogen (secondary N) is 4. The lowest BCUT2D eigenvalue weighted by atomic mass is 9.76. The maximum atomic E-state index is 15.5. The standard InChI is InChI=1S/C60H50N4O6P2/c1-57-39-15-11-19-43(35-39)67-71(65,47-23-7-5-8-24-47)68-44-20-12-16-40(36-44)58(2,50-28-27-49(57)61-50)55-33-34-56(64-55)60(4)42-18-14-22-46(38-42)70-72(66,48-25-9-6-10-26-48)69-45-21-13-17-41(37-45)59(3,51-29-30-52(60)62-51)54-32-31-53(57)63-54/h5-38,61-64H,1-4H3/t57-,58+,59+,60-,71?,72?. The summed E-state index contributed by atoms with van der Waals surface area (Å²) >= 11 is 0. The fraction of sp³-hybridized carbons (Fsp3) is 0.133. The Balaban J connectivity index is 1.14. The lowest BCUT2D eigenvalue weighted by Crippen LogP contribution is -2.32. The molecule has 20 bridgehead atoms. The maximum absolute atomic E-state index is 15.5. The highest BCUT2D eigenvalue weighted by atomic mass is 31.2. The predicted molar refractivity (Wildman–Crippen MR) is 281 cm³/mol. The van der Waals surface area contributed by atoms with Crippen LogP contribution in [0.15, 0.2) is 206 Å². The summed E-state index contributed by atoms with van der Waals surface area (Å²) in [5.74, 6) is 1.57. The quantitative estimate of drug-likeness (QED) is 0.127. The molecule has 0 atom stereocenters. The lowest BCUT2D eigenvalue weighted by molar-refractivity contribution is 0.397. The number of hydrogen-bond acceptors (Lipinski definition) is 6. The highest BCUT2D eigenvalue weighted by Gasteiger charge is 2.45. The Morgan fingerprint density at radius 2 is 0.514 bits per heavy atom. The van der Waals surface area contributed by atoms with Crippen LogP contribution in [0.1, 0.15) is 95.5 Å². The molecule has 4 aromatic heterocycles. The average Bonchev–Trinajstić information content (AvgIpc) is 4.27. The number of benzene rings is 6. The van der Waals surface area contributed by atoms with E-state index < -0.39 is 36.9 Å². The number of rotatable bonds is 2. The molecule has 0 spiro atoms. The number of hydrogen-bond donors (Lipinski definition) is 4. The Hall–Kier alpha value is -7.90. The van der Waals surface area contributed by atoms with Crippen LogP contribution in [0, 0.1) is 0 Å². The summed E-state index contributed by atoms with van der Waals surface area (Å²) in [5, 5.41) is 0.861. The molecule has 10 nitrogen and oxygen atoms in total. The molecular formula is C60H50N4O6P2. The average molecular weight is 985 g/mol. The molecule has 0 aliphatic carbocycles. The van der Waals surface area contributed by atoms with Crippen molar-refractivity contribution in [1.82, 2.24) is 19.9 Å². The first kappa shape index (κ1) is 44.1. The second kappa shape index (κ2) is 15.8. The van der Waals surface area contributed by atoms with Crippen LogP contribution in [0.5, 0.6) is 23.0 Å². The minimum absolute atomic E-state index is 0.391. The zero-order chi connectivity index (χ0) is 49.1. The van der Waals surface area contributed by atoms with Gasteiger partial charge in [-0.15, -0.1) is 0 Å². The van der Waals surface area contributed by atoms with E-state index in [0.717, 1.165) is 67.8 Å². The molecule has 0 amide bonds. The summed E-state index contributed by atoms with van der Waals surface area (Å²) in [4.78, 5) is 16.0. The molecule has 3 aliphatic rings. The van der Waals surface area contributed by atoms with Gasteiger partial charge < -0.3 is 38.0 Å². The van der Waals surface area contributed by atoms with Crippen molar-refractivity contribution in [2.24, 2.45) is 0 Å². The molecule has 12 heteroatoms. The second-order valence-corrected chi connectivity index (χ2v) is 23.5. The lowest BCUT2D eigenvalue weighted by Gasteiger charge is -2.34. The van der Waals surface area contributed by atoms with E-state index in [1.165, 1.54) is 0 Å². The monoisotopic (exact) mass is 984 g/mol. The van der Waals surface area contributed by atoms with Gasteiger partial charge in [-0.25, -0.2) is 9.13 Å². The third kappa shape index (κ3) is 6.55. The van der Waals surface area contributed by atoms with Crippen LogP contribution in [-0.2, 0) is 30.8 Å². The van der Waals surface area contributed by atoms with Crippen LogP contribution in [0.4, 0.5) is 0 Å². The molecule has 3 aliphatic heterocycles. The molecule has 72 heavy (non-hydrogen) atoms. The largest absolute Gasteiger partial charge is 0.462 e. The van der Waals surface area contributed by atoms with Crippen LogP contribution >= 0.6 is 15.2 Å². The van der Waals surface area contributed by atoms with Gasteiger partial charge in [0.15, 0.2) is 0 Å². The van der Waals surface area contributed by atoms with Gasteiger partial charge in [-0.1, -0.05) is 84.9 Å². The molecule has 0 saturated heterocycles. The number of fused-ring (bicyclic) bond motifs is 20. The van der Waals surface area contributed by atoms with Crippen LogP contribution < -0.4 is 28.7 Å². The van der Waals surface area contributed by atoms with Crippen molar-refractivity contribution in [2.45, 2.75) is 49.4 Å². The molecule has 13 rings (SSSR count). The minimum atomic E-state index is -4.07. The van der Waals surface area contributed by atoms with Gasteiger partial charge in [0.1, 0.15) is 23.0 Å². The molecule has 0 unspecified atom stereocenters. The molecule has 7 heterocycles. The number of H-pyrrole nitrogens is 4. The fourth-order valence-corrected chi connectivity index (χ4v) is 14.4. The van der Waals surface area contributed by atoms with Crippen LogP contribution in [0.2, 0.25) is 0 Å². The van der Waals surface area contributed by atoms with Gasteiger partial charge in [0, 0.05) is 45.6 Å². The highest BCUT2D eigenvalue weighted by molar-refractivity contribution is 7.63. The van der Waals surface area contributed by atoms with Gasteiger partial charge >= 0.3 is 15.2 Å². The van der Waals surface area contributed by atoms with Crippen LogP contribution in [-0.4, -0.2) is 19.9 Å². The van der Waals surface area contributed by atoms with E-state index in [1.54, 1.807) is 24.3 Å². The van der Waals surface area contributed by atoms with Gasteiger partial charge in [-0.05, 0) is 171 Å². The van der Waals surface area contributed by atoms with Crippen molar-refractivity contribution >= 4 is 25.8 Å². The van der Waals surface area contributed by atoms with E-state index in [9.17, 15) is 0 Å². The first-order valence-electron chi connectivity index (χ1n) is 24.1. The van der Waals surface area contributed by atoms with Crippen molar-refractivity contribution in [1.29, 1.82) is 0 Å². The Bertz CT molecular complexity index is 3400. The Kier molecular flexibility index (Phi) is 9.67. The SMILES string of the molecule is C[C@]12c3cccc(c3)OP(=O)(c3ccccc3)Oc3cccc(c3)[C@](C)(c3ccc1[nH]3)c1ccc([nH]1)[C@@]1(C)c3cccc(c3)OP(=O)(c3ccccc3)Oc3cccc(c3)[C@](C)(c3ccc1[nH]3)c1ccc2[nH]1. The molecular weight excluding hydrogens is 935 g/mol. The second-order valence-electron chi connectivity index (χ2n) is 19.8. The summed E-state index contributed by atoms with van der Waals surface area (Å²) < 4.78 is 57.6. The smallest absolute Gasteiger partial charge is 0.413 e. The van der Waals surface area contributed by atoms with E-state index in [0.29, 0.717) is 33.6 Å². The minimum Gasteiger partial charge on any atom is -0.413 e. The summed E-state index contributed by atoms with van der Waals surface area (Å²) in [6.07, 6.45) is 0. The van der Waals surface area contributed by atoms with Gasteiger partial charge in [0.25, 0.3) is 0 Å². The van der Waals surface area contributed by atoms with Crippen molar-refractivity contribution in [2.75, 3.05) is 0 Å². The Morgan fingerprint density at radius 3 is 0.736 bits per heavy atom. The van der Waals surface area contributed by atoms with Crippen molar-refractivity contribution in [3.05, 3.63) is 274 Å². The van der Waals surface area contributed by atoms with E-state index in [-0.39, 0.29) is 0 Å². The molecule has 356 valence electrons. The third-order valence-corrected chi connectivity index (χ3v) is 19.4. The normalized spacial score (nSPS) is 23.2. The van der Waals surface area contributed by atoms with Gasteiger partial charge in [-0.2, -0.15) is 0 Å². The summed E-state index contributed by atoms with van der Waals surface area (Å²) in [6, 6.07) is 66.7. The highest BCUT2D eigenvalue weighted by Crippen LogP contribution is 2.54. The summed E-state index contributed by atoms with van der Waals surface area (Å²) in [6.45, 7) is 8.79. The van der Waals surface area contributed by atoms with E-state index >= 15 is 9.13 Å². The molecule has 0 saturated carbocycles. The van der Waals surface area contributed by atoms with E-state index in [1.807, 2.05) is 109 Å². The molecule has 0 radical (unpaired) electrons. The van der Waals surface area contributed by atoms with Crippen molar-refractivity contribution < 1.29 is 27.2 Å². The number of aromatic nitrogens is 4. The topological polar surface area (TPSA) is 134 Å². The summed E-state index contributed by atoms with van der Waals surface area (Å²) in [5.41, 5.74) is 7.22. The first-order chi connectivity index (χ1) is 34.8. The maximum Gasteiger partial charge on any atom is 0.462 e. The zero-order valence-corrected chi connectivity index (χ0v) is 41.8. The zero-order valence-electron chi connectivity index (χ0n) is 40.0.